The third-order valence-corrected chi connectivity index (χ3v) is 3.30. The molecule has 0 spiro atoms. The molecular formula is C18H20O3. The Morgan fingerprint density at radius 3 is 2.43 bits per heavy atom. The van der Waals surface area contributed by atoms with Crippen molar-refractivity contribution in [1.82, 2.24) is 0 Å². The zero-order valence-corrected chi connectivity index (χ0v) is 12.4. The molecule has 0 saturated heterocycles. The highest BCUT2D eigenvalue weighted by Gasteiger charge is 2.14. The fourth-order valence-electron chi connectivity index (χ4n) is 2.09. The van der Waals surface area contributed by atoms with Crippen molar-refractivity contribution in [3.8, 4) is 5.75 Å². The van der Waals surface area contributed by atoms with E-state index in [2.05, 4.69) is 12.1 Å². The second kappa shape index (κ2) is 7.48. The summed E-state index contributed by atoms with van der Waals surface area (Å²) in [4.78, 5) is 11.4. The summed E-state index contributed by atoms with van der Waals surface area (Å²) < 4.78 is 10.5. The summed E-state index contributed by atoms with van der Waals surface area (Å²) >= 11 is 0. The lowest BCUT2D eigenvalue weighted by molar-refractivity contribution is -0.145. The molecule has 0 heterocycles. The van der Waals surface area contributed by atoms with Gasteiger partial charge in [-0.15, -0.1) is 0 Å². The standard InChI is InChI=1S/C18H20O3/c1-14(18(19)20-2)13-21-17-11-7-6-10-16(17)12-15-8-4-3-5-9-15/h3-11,14H,12-13H2,1-2H3. The number of hydrogen-bond donors (Lipinski definition) is 0. The molecule has 0 aliphatic carbocycles. The first-order valence-electron chi connectivity index (χ1n) is 7.03. The van der Waals surface area contributed by atoms with E-state index in [9.17, 15) is 4.79 Å². The van der Waals surface area contributed by atoms with Gasteiger partial charge >= 0.3 is 5.97 Å². The van der Waals surface area contributed by atoms with Crippen LogP contribution in [-0.2, 0) is 16.0 Å². The van der Waals surface area contributed by atoms with Gasteiger partial charge in [0, 0.05) is 6.42 Å². The Morgan fingerprint density at radius 2 is 1.71 bits per heavy atom. The van der Waals surface area contributed by atoms with Crippen LogP contribution in [0.2, 0.25) is 0 Å². The number of carbonyl (C=O) groups excluding carboxylic acids is 1. The van der Waals surface area contributed by atoms with Gasteiger partial charge in [-0.3, -0.25) is 4.79 Å². The predicted octanol–water partition coefficient (Wildman–Crippen LogP) is 3.47. The van der Waals surface area contributed by atoms with Crippen LogP contribution < -0.4 is 4.74 Å². The molecule has 2 rings (SSSR count). The molecule has 0 aliphatic rings. The summed E-state index contributed by atoms with van der Waals surface area (Å²) in [5.41, 5.74) is 2.34. The summed E-state index contributed by atoms with van der Waals surface area (Å²) in [5, 5.41) is 0. The minimum atomic E-state index is -0.278. The fraction of sp³-hybridized carbons (Fsp3) is 0.278. The van der Waals surface area contributed by atoms with Gasteiger partial charge in [-0.05, 0) is 24.1 Å². The van der Waals surface area contributed by atoms with Crippen molar-refractivity contribution >= 4 is 5.97 Å². The first-order valence-corrected chi connectivity index (χ1v) is 7.03. The van der Waals surface area contributed by atoms with Crippen LogP contribution in [0.1, 0.15) is 18.1 Å². The van der Waals surface area contributed by atoms with Gasteiger partial charge in [-0.25, -0.2) is 0 Å². The Labute approximate surface area is 125 Å². The van der Waals surface area contributed by atoms with Gasteiger partial charge < -0.3 is 9.47 Å². The molecule has 2 aromatic carbocycles. The normalized spacial score (nSPS) is 11.7. The quantitative estimate of drug-likeness (QED) is 0.762. The molecule has 1 atom stereocenters. The number of rotatable bonds is 6. The van der Waals surface area contributed by atoms with E-state index in [1.165, 1.54) is 12.7 Å². The first-order chi connectivity index (χ1) is 10.2. The van der Waals surface area contributed by atoms with Crippen LogP contribution in [0.15, 0.2) is 54.6 Å². The van der Waals surface area contributed by atoms with Crippen LogP contribution in [0, 0.1) is 5.92 Å². The summed E-state index contributed by atoms with van der Waals surface area (Å²) in [6.07, 6.45) is 0.809. The summed E-state index contributed by atoms with van der Waals surface area (Å²) in [7, 11) is 1.39. The van der Waals surface area contributed by atoms with Gasteiger partial charge in [0.25, 0.3) is 0 Å². The maximum absolute atomic E-state index is 11.4. The average Bonchev–Trinajstić information content (AvgIpc) is 2.54. The maximum Gasteiger partial charge on any atom is 0.311 e. The van der Waals surface area contributed by atoms with E-state index in [0.717, 1.165) is 17.7 Å². The Hall–Kier alpha value is -2.29. The van der Waals surface area contributed by atoms with Crippen molar-refractivity contribution in [2.75, 3.05) is 13.7 Å². The molecule has 0 saturated carbocycles. The molecule has 110 valence electrons. The highest BCUT2D eigenvalue weighted by Crippen LogP contribution is 2.22. The maximum atomic E-state index is 11.4. The minimum Gasteiger partial charge on any atom is -0.492 e. The molecule has 1 unspecified atom stereocenters. The lowest BCUT2D eigenvalue weighted by Crippen LogP contribution is -2.20. The topological polar surface area (TPSA) is 35.5 Å². The molecule has 0 aliphatic heterocycles. The molecule has 0 N–H and O–H groups in total. The average molecular weight is 284 g/mol. The number of para-hydroxylation sites is 1. The third-order valence-electron chi connectivity index (χ3n) is 3.30. The van der Waals surface area contributed by atoms with Crippen LogP contribution in [0.3, 0.4) is 0 Å². The number of benzene rings is 2. The van der Waals surface area contributed by atoms with Gasteiger partial charge in [0.2, 0.25) is 0 Å². The first kappa shape index (κ1) is 15.1. The van der Waals surface area contributed by atoms with Gasteiger partial charge in [0.15, 0.2) is 0 Å². The van der Waals surface area contributed by atoms with Crippen LogP contribution in [0.5, 0.6) is 5.75 Å². The molecule has 0 amide bonds. The molecule has 2 aromatic rings. The number of methoxy groups -OCH3 is 1. The van der Waals surface area contributed by atoms with Crippen molar-refractivity contribution in [3.63, 3.8) is 0 Å². The summed E-state index contributed by atoms with van der Waals surface area (Å²) in [6, 6.07) is 18.1. The molecule has 0 bridgehead atoms. The highest BCUT2D eigenvalue weighted by atomic mass is 16.5. The van der Waals surface area contributed by atoms with Crippen molar-refractivity contribution in [3.05, 3.63) is 65.7 Å². The molecular weight excluding hydrogens is 264 g/mol. The zero-order chi connectivity index (χ0) is 15.1. The lowest BCUT2D eigenvalue weighted by Gasteiger charge is -2.14. The number of esters is 1. The van der Waals surface area contributed by atoms with Gasteiger partial charge in [-0.2, -0.15) is 0 Å². The van der Waals surface area contributed by atoms with Crippen molar-refractivity contribution in [1.29, 1.82) is 0 Å². The van der Waals surface area contributed by atoms with Gasteiger partial charge in [0.05, 0.1) is 13.0 Å². The Bertz CT molecular complexity index is 578. The van der Waals surface area contributed by atoms with Crippen LogP contribution in [0.25, 0.3) is 0 Å². The molecule has 21 heavy (non-hydrogen) atoms. The molecule has 0 radical (unpaired) electrons. The third kappa shape index (κ3) is 4.35. The Morgan fingerprint density at radius 1 is 1.05 bits per heavy atom. The van der Waals surface area contributed by atoms with Crippen molar-refractivity contribution in [2.24, 2.45) is 5.92 Å². The smallest absolute Gasteiger partial charge is 0.311 e. The van der Waals surface area contributed by atoms with E-state index < -0.39 is 0 Å². The minimum absolute atomic E-state index is 0.254. The van der Waals surface area contributed by atoms with Crippen LogP contribution >= 0.6 is 0 Å². The predicted molar refractivity (Wildman–Crippen MR) is 82.4 cm³/mol. The Balaban J connectivity index is 2.05. The zero-order valence-electron chi connectivity index (χ0n) is 12.4. The van der Waals surface area contributed by atoms with E-state index in [1.807, 2.05) is 42.5 Å². The van der Waals surface area contributed by atoms with Crippen LogP contribution in [-0.4, -0.2) is 19.7 Å². The molecule has 3 nitrogen and oxygen atoms in total. The van der Waals surface area contributed by atoms with Crippen molar-refractivity contribution in [2.45, 2.75) is 13.3 Å². The van der Waals surface area contributed by atoms with E-state index in [1.54, 1.807) is 6.92 Å². The van der Waals surface area contributed by atoms with E-state index >= 15 is 0 Å². The Kier molecular flexibility index (Phi) is 5.38. The van der Waals surface area contributed by atoms with E-state index in [4.69, 9.17) is 9.47 Å². The fourth-order valence-corrected chi connectivity index (χ4v) is 2.09. The lowest BCUT2D eigenvalue weighted by atomic mass is 10.0. The molecule has 3 heteroatoms. The number of ether oxygens (including phenoxy) is 2. The summed E-state index contributed by atoms with van der Waals surface area (Å²) in [5.74, 6) is 0.285. The van der Waals surface area contributed by atoms with E-state index in [-0.39, 0.29) is 11.9 Å². The molecule has 0 fully saturated rings. The SMILES string of the molecule is COC(=O)C(C)COc1ccccc1Cc1ccccc1. The van der Waals surface area contributed by atoms with Crippen molar-refractivity contribution < 1.29 is 14.3 Å². The number of carbonyl (C=O) groups is 1. The van der Waals surface area contributed by atoms with Gasteiger partial charge in [0.1, 0.15) is 12.4 Å². The monoisotopic (exact) mass is 284 g/mol. The summed E-state index contributed by atoms with van der Waals surface area (Å²) in [6.45, 7) is 2.12. The van der Waals surface area contributed by atoms with Crippen LogP contribution in [0.4, 0.5) is 0 Å². The number of hydrogen-bond acceptors (Lipinski definition) is 3. The second-order valence-electron chi connectivity index (χ2n) is 5.01. The van der Waals surface area contributed by atoms with Gasteiger partial charge in [-0.1, -0.05) is 48.5 Å². The van der Waals surface area contributed by atoms with E-state index in [0.29, 0.717) is 6.61 Å². The largest absolute Gasteiger partial charge is 0.492 e. The highest BCUT2D eigenvalue weighted by molar-refractivity contribution is 5.71. The molecule has 0 aromatic heterocycles. The second-order valence-corrected chi connectivity index (χ2v) is 5.01.